The molecule has 29 heavy (non-hydrogen) atoms. The Bertz CT molecular complexity index is 566. The van der Waals surface area contributed by atoms with Gasteiger partial charge in [-0.05, 0) is 68.2 Å². The van der Waals surface area contributed by atoms with Gasteiger partial charge in [0.25, 0.3) is 0 Å². The fourth-order valence-corrected chi connectivity index (χ4v) is 2.66. The summed E-state index contributed by atoms with van der Waals surface area (Å²) in [4.78, 5) is 25.6. The zero-order valence-electron chi connectivity index (χ0n) is 19.4. The summed E-state index contributed by atoms with van der Waals surface area (Å²) < 4.78 is 22.3. The first kappa shape index (κ1) is 25.5. The lowest BCUT2D eigenvalue weighted by molar-refractivity contribution is -0.143. The SMILES string of the molecule is CCOC(=O)CCCCN(C/C=C/B1OC(C)(C)C(C)(C)O1)C(=O)OC(C)(C)C. The van der Waals surface area contributed by atoms with E-state index in [-0.39, 0.29) is 12.1 Å². The molecule has 166 valence electrons. The second kappa shape index (κ2) is 10.5. The van der Waals surface area contributed by atoms with Crippen LogP contribution in [0.25, 0.3) is 0 Å². The second-order valence-electron chi connectivity index (χ2n) is 9.24. The third kappa shape index (κ3) is 8.78. The van der Waals surface area contributed by atoms with Crippen LogP contribution in [0.3, 0.4) is 0 Å². The van der Waals surface area contributed by atoms with E-state index in [9.17, 15) is 9.59 Å². The number of esters is 1. The minimum atomic E-state index is -0.574. The molecule has 0 saturated carbocycles. The zero-order chi connectivity index (χ0) is 22.3. The Kier molecular flexibility index (Phi) is 9.22. The molecule has 1 fully saturated rings. The fraction of sp³-hybridized carbons (Fsp3) is 0.810. The molecule has 0 atom stereocenters. The van der Waals surface area contributed by atoms with Crippen molar-refractivity contribution in [3.05, 3.63) is 12.1 Å². The van der Waals surface area contributed by atoms with Gasteiger partial charge in [-0.15, -0.1) is 0 Å². The first-order chi connectivity index (χ1) is 13.3. The second-order valence-corrected chi connectivity index (χ2v) is 9.24. The van der Waals surface area contributed by atoms with Crippen molar-refractivity contribution < 1.29 is 28.4 Å². The summed E-state index contributed by atoms with van der Waals surface area (Å²) in [6.07, 6.45) is 3.16. The molecule has 8 heteroatoms. The van der Waals surface area contributed by atoms with Gasteiger partial charge in [0.05, 0.1) is 17.8 Å². The lowest BCUT2D eigenvalue weighted by atomic mass is 9.90. The van der Waals surface area contributed by atoms with Crippen LogP contribution in [0, 0.1) is 0 Å². The molecule has 0 aromatic heterocycles. The molecule has 1 saturated heterocycles. The monoisotopic (exact) mass is 411 g/mol. The summed E-state index contributed by atoms with van der Waals surface area (Å²) in [7, 11) is -0.454. The molecule has 0 spiro atoms. The smallest absolute Gasteiger partial charge is 0.466 e. The molecular weight excluding hydrogens is 373 g/mol. The van der Waals surface area contributed by atoms with Gasteiger partial charge < -0.3 is 23.7 Å². The lowest BCUT2D eigenvalue weighted by Gasteiger charge is -2.32. The first-order valence-electron chi connectivity index (χ1n) is 10.4. The minimum Gasteiger partial charge on any atom is -0.466 e. The summed E-state index contributed by atoms with van der Waals surface area (Å²) in [5, 5.41) is 0. The Hall–Kier alpha value is -1.54. The number of ether oxygens (including phenoxy) is 2. The minimum absolute atomic E-state index is 0.211. The highest BCUT2D eigenvalue weighted by molar-refractivity contribution is 6.51. The van der Waals surface area contributed by atoms with Crippen LogP contribution >= 0.6 is 0 Å². The maximum atomic E-state index is 12.5. The third-order valence-corrected chi connectivity index (χ3v) is 4.91. The molecule has 1 heterocycles. The van der Waals surface area contributed by atoms with Gasteiger partial charge in [-0.3, -0.25) is 4.79 Å². The van der Waals surface area contributed by atoms with E-state index < -0.39 is 23.9 Å². The average molecular weight is 411 g/mol. The molecule has 0 radical (unpaired) electrons. The molecule has 7 nitrogen and oxygen atoms in total. The topological polar surface area (TPSA) is 74.3 Å². The summed E-state index contributed by atoms with van der Waals surface area (Å²) in [6.45, 7) is 16.5. The Balaban J connectivity index is 2.62. The molecule has 1 aliphatic heterocycles. The van der Waals surface area contributed by atoms with E-state index in [1.807, 2.05) is 60.5 Å². The quantitative estimate of drug-likeness (QED) is 0.323. The van der Waals surface area contributed by atoms with Crippen LogP contribution in [0.2, 0.25) is 0 Å². The molecule has 0 aromatic carbocycles. The van der Waals surface area contributed by atoms with E-state index in [1.54, 1.807) is 11.8 Å². The van der Waals surface area contributed by atoms with E-state index >= 15 is 0 Å². The van der Waals surface area contributed by atoms with Gasteiger partial charge >= 0.3 is 19.2 Å². The number of nitrogens with zero attached hydrogens (tertiary/aromatic N) is 1. The molecule has 1 rings (SSSR count). The number of carbonyl (C=O) groups is 2. The predicted molar refractivity (Wildman–Crippen MR) is 114 cm³/mol. The van der Waals surface area contributed by atoms with Crippen molar-refractivity contribution in [2.45, 2.75) is 91.5 Å². The highest BCUT2D eigenvalue weighted by atomic mass is 16.7. The van der Waals surface area contributed by atoms with E-state index in [0.29, 0.717) is 39.0 Å². The summed E-state index contributed by atoms with van der Waals surface area (Å²) in [5.74, 6) is 1.61. The van der Waals surface area contributed by atoms with Crippen LogP contribution in [0.4, 0.5) is 4.79 Å². The van der Waals surface area contributed by atoms with Crippen molar-refractivity contribution in [1.29, 1.82) is 0 Å². The highest BCUT2D eigenvalue weighted by Crippen LogP contribution is 2.36. The number of carbonyl (C=O) groups excluding carboxylic acids is 2. The maximum Gasteiger partial charge on any atom is 0.486 e. The number of rotatable bonds is 9. The van der Waals surface area contributed by atoms with Crippen molar-refractivity contribution in [3.63, 3.8) is 0 Å². The van der Waals surface area contributed by atoms with Crippen LogP contribution in [0.5, 0.6) is 0 Å². The Morgan fingerprint density at radius 3 is 2.17 bits per heavy atom. The number of unbranched alkanes of at least 4 members (excludes halogenated alkanes) is 1. The highest BCUT2D eigenvalue weighted by Gasteiger charge is 2.50. The molecule has 0 aliphatic carbocycles. The molecule has 1 aliphatic rings. The van der Waals surface area contributed by atoms with Crippen molar-refractivity contribution in [3.8, 4) is 0 Å². The van der Waals surface area contributed by atoms with E-state index in [2.05, 4.69) is 0 Å². The van der Waals surface area contributed by atoms with E-state index in [1.165, 1.54) is 0 Å². The van der Waals surface area contributed by atoms with Gasteiger partial charge in [-0.2, -0.15) is 0 Å². The number of hydrogen-bond donors (Lipinski definition) is 0. The van der Waals surface area contributed by atoms with Crippen LogP contribution in [0.15, 0.2) is 12.1 Å². The fourth-order valence-electron chi connectivity index (χ4n) is 2.66. The first-order valence-corrected chi connectivity index (χ1v) is 10.4. The van der Waals surface area contributed by atoms with Gasteiger partial charge in [-0.1, -0.05) is 12.1 Å². The zero-order valence-corrected chi connectivity index (χ0v) is 19.4. The summed E-state index contributed by atoms with van der Waals surface area (Å²) >= 11 is 0. The maximum absolute atomic E-state index is 12.5. The lowest BCUT2D eigenvalue weighted by Crippen LogP contribution is -2.41. The van der Waals surface area contributed by atoms with Crippen LogP contribution in [-0.4, -0.2) is 60.6 Å². The van der Waals surface area contributed by atoms with Gasteiger partial charge in [-0.25, -0.2) is 4.79 Å². The van der Waals surface area contributed by atoms with Gasteiger partial charge in [0.1, 0.15) is 5.60 Å². The molecule has 0 bridgehead atoms. The van der Waals surface area contributed by atoms with Gasteiger partial charge in [0, 0.05) is 19.5 Å². The van der Waals surface area contributed by atoms with Gasteiger partial charge in [0.2, 0.25) is 0 Å². The summed E-state index contributed by atoms with van der Waals surface area (Å²) in [6, 6.07) is 0. The molecule has 0 N–H and O–H groups in total. The van der Waals surface area contributed by atoms with E-state index in [4.69, 9.17) is 18.8 Å². The third-order valence-electron chi connectivity index (χ3n) is 4.91. The van der Waals surface area contributed by atoms with Gasteiger partial charge in [0.15, 0.2) is 0 Å². The van der Waals surface area contributed by atoms with Crippen molar-refractivity contribution in [2.24, 2.45) is 0 Å². The molecule has 1 amide bonds. The standard InChI is InChI=1S/C21H38BNO6/c1-9-26-17(24)13-10-11-15-23(18(25)27-19(2,3)4)16-12-14-22-28-20(5,6)21(7,8)29-22/h12,14H,9-11,13,15-16H2,1-8H3/b14-12+. The number of hydrogen-bond acceptors (Lipinski definition) is 6. The molecule has 0 unspecified atom stereocenters. The van der Waals surface area contributed by atoms with Crippen molar-refractivity contribution >= 4 is 19.2 Å². The number of amides is 1. The Morgan fingerprint density at radius 1 is 1.07 bits per heavy atom. The predicted octanol–water partition coefficient (Wildman–Crippen LogP) is 4.14. The largest absolute Gasteiger partial charge is 0.486 e. The van der Waals surface area contributed by atoms with Crippen LogP contribution in [0.1, 0.15) is 74.7 Å². The summed E-state index contributed by atoms with van der Waals surface area (Å²) in [5.41, 5.74) is -1.38. The molecular formula is C21H38BNO6. The van der Waals surface area contributed by atoms with Crippen LogP contribution in [-0.2, 0) is 23.6 Å². The Labute approximate surface area is 176 Å². The van der Waals surface area contributed by atoms with Crippen LogP contribution < -0.4 is 0 Å². The molecule has 0 aromatic rings. The average Bonchev–Trinajstić information content (AvgIpc) is 2.75. The van der Waals surface area contributed by atoms with E-state index in [0.717, 1.165) is 0 Å². The normalized spacial score (nSPS) is 18.1. The van der Waals surface area contributed by atoms with Crippen molar-refractivity contribution in [2.75, 3.05) is 19.7 Å². The van der Waals surface area contributed by atoms with Crippen molar-refractivity contribution in [1.82, 2.24) is 4.90 Å². The Morgan fingerprint density at radius 2 is 1.66 bits per heavy atom.